The van der Waals surface area contributed by atoms with Gasteiger partial charge in [0.2, 0.25) is 17.4 Å². The number of nitrogens with zero attached hydrogens (tertiary/aromatic N) is 3. The van der Waals surface area contributed by atoms with Crippen LogP contribution in [0.5, 0.6) is 11.8 Å². The van der Waals surface area contributed by atoms with E-state index in [1.54, 1.807) is 6.07 Å². The molecule has 0 saturated heterocycles. The third-order valence-corrected chi connectivity index (χ3v) is 17.3. The van der Waals surface area contributed by atoms with E-state index in [9.17, 15) is 53.9 Å². The van der Waals surface area contributed by atoms with Gasteiger partial charge in [-0.1, -0.05) is 69.6 Å². The van der Waals surface area contributed by atoms with Crippen LogP contribution in [0.2, 0.25) is 0 Å². The summed E-state index contributed by atoms with van der Waals surface area (Å²) in [5.41, 5.74) is 6.85. The second-order valence-corrected chi connectivity index (χ2v) is 26.0. The van der Waals surface area contributed by atoms with Gasteiger partial charge in [-0.05, 0) is 118 Å². The van der Waals surface area contributed by atoms with Gasteiger partial charge in [0.1, 0.15) is 6.54 Å². The highest BCUT2D eigenvalue weighted by molar-refractivity contribution is 7.94. The van der Waals surface area contributed by atoms with E-state index in [0.29, 0.717) is 54.1 Å². The zero-order valence-corrected chi connectivity index (χ0v) is 47.3. The van der Waals surface area contributed by atoms with E-state index in [-0.39, 0.29) is 41.7 Å². The van der Waals surface area contributed by atoms with Crippen molar-refractivity contribution in [1.82, 2.24) is 10.0 Å². The molecule has 77 heavy (non-hydrogen) atoms. The fraction of sp³-hybridized carbons (Fsp3) is 0.509. The molecule has 2 aliphatic heterocycles. The Morgan fingerprint density at radius 2 is 1.39 bits per heavy atom. The van der Waals surface area contributed by atoms with Crippen LogP contribution in [0.25, 0.3) is 0 Å². The van der Waals surface area contributed by atoms with E-state index in [0.717, 1.165) is 121 Å². The third kappa shape index (κ3) is 16.8. The summed E-state index contributed by atoms with van der Waals surface area (Å²) >= 11 is 0.853. The summed E-state index contributed by atoms with van der Waals surface area (Å²) < 4.78 is 108. The predicted octanol–water partition coefficient (Wildman–Crippen LogP) is 9.64. The van der Waals surface area contributed by atoms with E-state index in [4.69, 9.17) is 14.4 Å². The van der Waals surface area contributed by atoms with Crippen molar-refractivity contribution in [3.8, 4) is 11.8 Å². The number of nitrogens with one attached hydrogen (secondary N) is 1. The number of fused-ring (bicyclic) bond motifs is 2. The van der Waals surface area contributed by atoms with Crippen LogP contribution in [0.3, 0.4) is 0 Å². The standard InChI is InChI=1S/C53H72N4O16S4/c1-52(2)42-36-40(74-73-72-61)23-25-44(42)55(32-13-15-34-75(62,63)64)46(52)27-21-38-18-17-19-39(51(38)54-31-12-10-8-6-5-7-9-11-20-50(60)71-57-48(58)29-30-49(57)59)22-28-47-53(3,4)43-37-41(77(68,69)70)24-26-45(43)56(47)33-14-16-35-76(65,66)67/h21-30,36-37H,5-20,31-35H2,1-4H3,(H6,58,59,61,62,63,64,65,66,67,68,69,70)/p+1/b39-22+,47-28?. The van der Waals surface area contributed by atoms with Crippen LogP contribution in [0.4, 0.5) is 11.4 Å². The summed E-state index contributed by atoms with van der Waals surface area (Å²) in [4.78, 5) is 19.7. The lowest BCUT2D eigenvalue weighted by atomic mass is 9.81. The highest BCUT2D eigenvalue weighted by Gasteiger charge is 2.45. The summed E-state index contributed by atoms with van der Waals surface area (Å²) in [5, 5.41) is 35.9. The first kappa shape index (κ1) is 61.2. The molecule has 0 atom stereocenters. The number of aromatic nitrogens is 1. The maximum Gasteiger partial charge on any atom is 0.333 e. The zero-order chi connectivity index (χ0) is 56.2. The monoisotopic (exact) mass is 1150 g/mol. The normalized spacial score (nSPS) is 17.5. The molecule has 7 N–H and O–H groups in total. The number of rotatable bonds is 30. The minimum Gasteiger partial charge on any atom is -0.492 e. The van der Waals surface area contributed by atoms with Crippen LogP contribution in [-0.2, 0) is 55.4 Å². The Morgan fingerprint density at radius 3 is 2.04 bits per heavy atom. The Kier molecular flexibility index (Phi) is 21.3. The lowest BCUT2D eigenvalue weighted by Crippen LogP contribution is -2.28. The van der Waals surface area contributed by atoms with Gasteiger partial charge < -0.3 is 25.3 Å². The summed E-state index contributed by atoms with van der Waals surface area (Å²) in [6.07, 6.45) is 19.4. The topological polar surface area (TPSA) is 292 Å². The number of allylic oxidation sites excluding steroid dienone is 7. The molecule has 24 heteroatoms. The van der Waals surface area contributed by atoms with Gasteiger partial charge in [0.05, 0.1) is 33.9 Å². The van der Waals surface area contributed by atoms with E-state index < -0.39 is 52.9 Å². The van der Waals surface area contributed by atoms with Gasteiger partial charge in [-0.15, -0.1) is 9.06 Å². The van der Waals surface area contributed by atoms with Crippen molar-refractivity contribution in [2.75, 3.05) is 36.0 Å². The molecule has 0 saturated carbocycles. The van der Waals surface area contributed by atoms with Crippen molar-refractivity contribution in [1.29, 1.82) is 0 Å². The molecule has 1 aromatic heterocycles. The number of carbonyl (C=O) groups is 1. The SMILES string of the molecule is CC1(C)C(=C/C=C2\CCCC(C=CC3=[N+](CCCCS(=O)(=O)O)c4ccc(SOOO)cc4C3(C)C)=C2NCCCCCCCCCCC(=O)On2c(O)ccc2O)N(CCCCS(=O)(=O)O)c2ccc(S(=O)(=O)O)cc21. The largest absolute Gasteiger partial charge is 0.492 e. The van der Waals surface area contributed by atoms with Crippen molar-refractivity contribution >= 4 is 65.5 Å². The van der Waals surface area contributed by atoms with Gasteiger partial charge >= 0.3 is 5.97 Å². The number of unbranched alkanes of at least 4 members (excludes halogenated alkanes) is 9. The van der Waals surface area contributed by atoms with Crippen LogP contribution >= 0.6 is 12.0 Å². The van der Waals surface area contributed by atoms with Gasteiger partial charge in [0, 0.05) is 83.2 Å². The van der Waals surface area contributed by atoms with Crippen LogP contribution in [-0.4, -0.2) is 107 Å². The highest BCUT2D eigenvalue weighted by atomic mass is 32.2. The van der Waals surface area contributed by atoms with Crippen molar-refractivity contribution in [3.05, 3.63) is 107 Å². The van der Waals surface area contributed by atoms with E-state index in [2.05, 4.69) is 47.0 Å². The molecule has 3 aromatic rings. The van der Waals surface area contributed by atoms with Crippen molar-refractivity contribution in [3.63, 3.8) is 0 Å². The first-order chi connectivity index (χ1) is 36.3. The number of anilines is 1. The molecule has 2 aromatic carbocycles. The van der Waals surface area contributed by atoms with Gasteiger partial charge in [-0.25, -0.2) is 10.1 Å². The molecule has 424 valence electrons. The van der Waals surface area contributed by atoms with Gasteiger partial charge in [0.15, 0.2) is 5.71 Å². The molecular formula is C53H73N4O16S4+. The van der Waals surface area contributed by atoms with Crippen molar-refractivity contribution in [2.45, 2.75) is 151 Å². The minimum absolute atomic E-state index is 0.158. The third-order valence-electron chi connectivity index (χ3n) is 14.3. The maximum atomic E-state index is 12.3. The Morgan fingerprint density at radius 1 is 0.740 bits per heavy atom. The number of hydrogen-bond acceptors (Lipinski definition) is 16. The molecule has 3 heterocycles. The van der Waals surface area contributed by atoms with Crippen molar-refractivity contribution < 1.29 is 78.0 Å². The lowest BCUT2D eigenvalue weighted by molar-refractivity contribution is -0.438. The molecule has 0 amide bonds. The first-order valence-electron chi connectivity index (χ1n) is 25.9. The van der Waals surface area contributed by atoms with Gasteiger partial charge in [0.25, 0.3) is 30.4 Å². The minimum atomic E-state index is -4.52. The Labute approximate surface area is 456 Å². The molecule has 0 bridgehead atoms. The Bertz CT molecular complexity index is 3080. The molecule has 20 nitrogen and oxygen atoms in total. The number of carbonyl (C=O) groups excluding carboxylic acids is 1. The second kappa shape index (κ2) is 26.8. The van der Waals surface area contributed by atoms with Gasteiger partial charge in [-0.2, -0.15) is 29.8 Å². The number of hydrogen-bond donors (Lipinski definition) is 7. The highest BCUT2D eigenvalue weighted by Crippen LogP contribution is 2.49. The van der Waals surface area contributed by atoms with E-state index in [1.807, 2.05) is 43.0 Å². The van der Waals surface area contributed by atoms with E-state index in [1.165, 1.54) is 24.3 Å². The van der Waals surface area contributed by atoms with Crippen LogP contribution in [0.1, 0.15) is 142 Å². The second-order valence-electron chi connectivity index (χ2n) is 20.6. The van der Waals surface area contributed by atoms with Crippen molar-refractivity contribution in [2.24, 2.45) is 0 Å². The molecule has 3 aliphatic rings. The quantitative estimate of drug-likeness (QED) is 0.00816. The summed E-state index contributed by atoms with van der Waals surface area (Å²) in [5.74, 6) is -2.04. The molecule has 0 spiro atoms. The number of benzene rings is 2. The molecule has 0 unspecified atom stereocenters. The molecule has 0 radical (unpaired) electrons. The molecule has 6 rings (SSSR count). The van der Waals surface area contributed by atoms with E-state index >= 15 is 0 Å². The summed E-state index contributed by atoms with van der Waals surface area (Å²) in [6, 6.07) is 12.7. The first-order valence-corrected chi connectivity index (χ1v) is 31.3. The fourth-order valence-corrected chi connectivity index (χ4v) is 12.4. The lowest BCUT2D eigenvalue weighted by Gasteiger charge is -2.28. The molecular weight excluding hydrogens is 1080 g/mol. The average molecular weight is 1150 g/mol. The Balaban J connectivity index is 1.26. The predicted molar refractivity (Wildman–Crippen MR) is 293 cm³/mol. The Hall–Kier alpha value is -5.02. The molecule has 1 aliphatic carbocycles. The van der Waals surface area contributed by atoms with Crippen LogP contribution in [0, 0.1) is 0 Å². The van der Waals surface area contributed by atoms with Crippen LogP contribution < -0.4 is 15.1 Å². The zero-order valence-electron chi connectivity index (χ0n) is 44.0. The number of aromatic hydroxyl groups is 2. The molecule has 0 fully saturated rings. The smallest absolute Gasteiger partial charge is 0.333 e. The maximum absolute atomic E-state index is 12.3. The summed E-state index contributed by atoms with van der Waals surface area (Å²) in [7, 11) is -12.9. The van der Waals surface area contributed by atoms with Gasteiger partial charge in [-0.3, -0.25) is 13.7 Å². The summed E-state index contributed by atoms with van der Waals surface area (Å²) in [6.45, 7) is 9.66. The van der Waals surface area contributed by atoms with Crippen LogP contribution in [0.15, 0.2) is 105 Å². The fourth-order valence-electron chi connectivity index (χ4n) is 10.3. The average Bonchev–Trinajstić information content (AvgIpc) is 3.97.